The van der Waals surface area contributed by atoms with Crippen molar-refractivity contribution >= 4 is 53.5 Å². The molecule has 1 aliphatic heterocycles. The normalized spacial score (nSPS) is 15.0. The molecule has 5 nitrogen and oxygen atoms in total. The van der Waals surface area contributed by atoms with E-state index in [2.05, 4.69) is 27.0 Å². The molecule has 0 amide bonds. The van der Waals surface area contributed by atoms with Crippen LogP contribution in [0.2, 0.25) is 0 Å². The van der Waals surface area contributed by atoms with Crippen LogP contribution in [-0.2, 0) is 10.0 Å². The molecule has 90 valence electrons. The lowest BCUT2D eigenvalue weighted by Crippen LogP contribution is -2.22. The van der Waals surface area contributed by atoms with Gasteiger partial charge in [0, 0.05) is 16.8 Å². The van der Waals surface area contributed by atoms with Crippen molar-refractivity contribution in [1.29, 1.82) is 0 Å². The molecule has 0 saturated carbocycles. The van der Waals surface area contributed by atoms with E-state index in [-0.39, 0.29) is 4.90 Å². The molecule has 1 aromatic rings. The zero-order valence-corrected chi connectivity index (χ0v) is 12.9. The molecule has 1 heterocycles. The lowest BCUT2D eigenvalue weighted by atomic mass is 10.4. The van der Waals surface area contributed by atoms with Gasteiger partial charge in [-0.2, -0.15) is 3.15 Å². The number of nitrogens with one attached hydrogen (secondary N) is 1. The van der Waals surface area contributed by atoms with Crippen molar-refractivity contribution in [2.75, 3.05) is 0 Å². The van der Waals surface area contributed by atoms with Gasteiger partial charge in [0.2, 0.25) is 0 Å². The molecule has 0 atom stereocenters. The highest BCUT2D eigenvalue weighted by molar-refractivity contribution is 14.1. The van der Waals surface area contributed by atoms with Crippen molar-refractivity contribution in [3.63, 3.8) is 0 Å². The molecule has 1 N–H and O–H groups in total. The SMILES string of the molecule is O=S(=O)(NC1=CC=NI=N1)c1ccc(Br)cc1. The fraction of sp³-hybridized carbons (Fsp3) is 0. The van der Waals surface area contributed by atoms with E-state index in [9.17, 15) is 8.42 Å². The van der Waals surface area contributed by atoms with E-state index in [1.54, 1.807) is 24.4 Å². The largest absolute Gasteiger partial charge is 0.263 e. The molecule has 0 aromatic heterocycles. The van der Waals surface area contributed by atoms with Crippen molar-refractivity contribution in [2.24, 2.45) is 6.35 Å². The van der Waals surface area contributed by atoms with Crippen LogP contribution in [0, 0.1) is 0 Å². The summed E-state index contributed by atoms with van der Waals surface area (Å²) in [5.41, 5.74) is 0. The standard InChI is InChI=1S/C9H7BrIN3O2S/c10-7-1-3-8(4-2-7)17(15,16)14-9-5-6-12-11-13-9/h1-6H,(H,12,13,14). The highest BCUT2D eigenvalue weighted by atomic mass is 127. The van der Waals surface area contributed by atoms with Gasteiger partial charge in [0.1, 0.15) is 27.1 Å². The van der Waals surface area contributed by atoms with E-state index < -0.39 is 31.3 Å². The van der Waals surface area contributed by atoms with Gasteiger partial charge in [-0.3, -0.25) is 4.72 Å². The predicted molar refractivity (Wildman–Crippen MR) is 77.5 cm³/mol. The van der Waals surface area contributed by atoms with E-state index in [0.717, 1.165) is 4.47 Å². The first-order valence-electron chi connectivity index (χ1n) is 4.44. The van der Waals surface area contributed by atoms with E-state index in [1.807, 2.05) is 0 Å². The number of benzene rings is 1. The Morgan fingerprint density at radius 1 is 1.24 bits per heavy atom. The zero-order valence-electron chi connectivity index (χ0n) is 8.34. The van der Waals surface area contributed by atoms with E-state index in [0.29, 0.717) is 5.82 Å². The number of hydrogen-bond acceptors (Lipinski definition) is 4. The number of nitrogens with zero attached hydrogens (tertiary/aromatic N) is 2. The molecule has 0 unspecified atom stereocenters. The molecule has 0 saturated heterocycles. The van der Waals surface area contributed by atoms with Gasteiger partial charge in [-0.15, -0.1) is 0 Å². The van der Waals surface area contributed by atoms with Crippen molar-refractivity contribution in [3.05, 3.63) is 40.6 Å². The third-order valence-corrected chi connectivity index (χ3v) is 5.03. The second-order valence-corrected chi connectivity index (χ2v) is 7.09. The summed E-state index contributed by atoms with van der Waals surface area (Å²) >= 11 is 2.59. The maximum atomic E-state index is 12.0. The molecule has 0 fully saturated rings. The Balaban J connectivity index is 2.25. The monoisotopic (exact) mass is 427 g/mol. The van der Waals surface area contributed by atoms with Gasteiger partial charge in [-0.25, -0.2) is 11.6 Å². The van der Waals surface area contributed by atoms with Crippen LogP contribution < -0.4 is 4.72 Å². The summed E-state index contributed by atoms with van der Waals surface area (Å²) < 4.78 is 35.1. The molecule has 8 heteroatoms. The zero-order chi connectivity index (χ0) is 12.3. The molecule has 0 radical (unpaired) electrons. The first-order valence-corrected chi connectivity index (χ1v) is 8.65. The van der Waals surface area contributed by atoms with Crippen LogP contribution in [0.15, 0.2) is 51.9 Å². The van der Waals surface area contributed by atoms with Crippen LogP contribution in [0.5, 0.6) is 0 Å². The molecule has 0 aliphatic carbocycles. The summed E-state index contributed by atoms with van der Waals surface area (Å²) in [5.74, 6) is 0.343. The predicted octanol–water partition coefficient (Wildman–Crippen LogP) is 2.72. The van der Waals surface area contributed by atoms with Gasteiger partial charge < -0.3 is 0 Å². The van der Waals surface area contributed by atoms with Gasteiger partial charge in [-0.05, 0) is 24.3 Å². The average molecular weight is 428 g/mol. The topological polar surface area (TPSA) is 70.9 Å². The van der Waals surface area contributed by atoms with Crippen LogP contribution in [-0.4, -0.2) is 14.6 Å². The van der Waals surface area contributed by atoms with Crippen LogP contribution in [0.1, 0.15) is 0 Å². The summed E-state index contributed by atoms with van der Waals surface area (Å²) in [4.78, 5) is 0.206. The Labute approximate surface area is 118 Å². The van der Waals surface area contributed by atoms with Crippen molar-refractivity contribution in [2.45, 2.75) is 4.90 Å². The Morgan fingerprint density at radius 2 is 1.94 bits per heavy atom. The first kappa shape index (κ1) is 12.8. The van der Waals surface area contributed by atoms with Crippen molar-refractivity contribution in [3.8, 4) is 0 Å². The van der Waals surface area contributed by atoms with Gasteiger partial charge in [-0.1, -0.05) is 15.9 Å². The van der Waals surface area contributed by atoms with Crippen molar-refractivity contribution < 1.29 is 8.42 Å². The fourth-order valence-electron chi connectivity index (χ4n) is 1.08. The summed E-state index contributed by atoms with van der Waals surface area (Å²) in [6, 6.07) is 6.41. The first-order chi connectivity index (χ1) is 8.08. The summed E-state index contributed by atoms with van der Waals surface area (Å²) in [6.07, 6.45) is 3.11. The lowest BCUT2D eigenvalue weighted by molar-refractivity contribution is 0.588. The molecule has 0 spiro atoms. The average Bonchev–Trinajstić information content (AvgIpc) is 2.30. The Bertz CT molecular complexity index is 608. The van der Waals surface area contributed by atoms with Crippen LogP contribution in [0.3, 0.4) is 0 Å². The smallest absolute Gasteiger partial charge is 0.263 e. The maximum Gasteiger partial charge on any atom is 0.263 e. The highest BCUT2D eigenvalue weighted by Crippen LogP contribution is 2.17. The maximum absolute atomic E-state index is 12.0. The van der Waals surface area contributed by atoms with E-state index >= 15 is 0 Å². The summed E-state index contributed by atoms with van der Waals surface area (Å²) in [7, 11) is -3.55. The molecule has 2 rings (SSSR count). The third kappa shape index (κ3) is 3.42. The molecule has 0 bridgehead atoms. The van der Waals surface area contributed by atoms with Crippen LogP contribution in [0.4, 0.5) is 0 Å². The third-order valence-electron chi connectivity index (χ3n) is 1.82. The molecular formula is C9H7BrIN3O2S. The van der Waals surface area contributed by atoms with Gasteiger partial charge in [0.25, 0.3) is 10.0 Å². The highest BCUT2D eigenvalue weighted by Gasteiger charge is 2.15. The van der Waals surface area contributed by atoms with Crippen LogP contribution >= 0.6 is 37.2 Å². The number of hydrogen-bond donors (Lipinski definition) is 1. The van der Waals surface area contributed by atoms with Gasteiger partial charge >= 0.3 is 0 Å². The second kappa shape index (κ2) is 5.36. The number of rotatable bonds is 3. The Morgan fingerprint density at radius 3 is 2.53 bits per heavy atom. The van der Waals surface area contributed by atoms with Crippen molar-refractivity contribution in [1.82, 2.24) is 4.72 Å². The van der Waals surface area contributed by atoms with Crippen LogP contribution in [0.25, 0.3) is 0 Å². The van der Waals surface area contributed by atoms with E-state index in [1.165, 1.54) is 12.1 Å². The number of allylic oxidation sites excluding steroid dienone is 1. The minimum atomic E-state index is -3.55. The summed E-state index contributed by atoms with van der Waals surface area (Å²) in [6.45, 7) is 0. The quantitative estimate of drug-likeness (QED) is 0.753. The fourth-order valence-corrected chi connectivity index (χ4v) is 3.45. The van der Waals surface area contributed by atoms with E-state index in [4.69, 9.17) is 0 Å². The number of sulfonamides is 1. The lowest BCUT2D eigenvalue weighted by Gasteiger charge is -2.08. The molecule has 17 heavy (non-hydrogen) atoms. The summed E-state index contributed by atoms with van der Waals surface area (Å²) in [5, 5.41) is 0. The molecule has 1 aliphatic rings. The second-order valence-electron chi connectivity index (χ2n) is 3.02. The molecular weight excluding hydrogens is 421 g/mol. The van der Waals surface area contributed by atoms with Gasteiger partial charge in [0.05, 0.1) is 4.90 Å². The number of halogens is 2. The molecule has 1 aromatic carbocycles. The Hall–Kier alpha value is -0.610. The Kier molecular flexibility index (Phi) is 4.05. The minimum Gasteiger partial charge on any atom is -0.263 e. The van der Waals surface area contributed by atoms with Gasteiger partial charge in [0.15, 0.2) is 0 Å². The minimum absolute atomic E-state index is 0.206.